The van der Waals surface area contributed by atoms with Crippen molar-refractivity contribution in [3.63, 3.8) is 0 Å². The van der Waals surface area contributed by atoms with E-state index in [1.54, 1.807) is 17.9 Å². The van der Waals surface area contributed by atoms with Crippen molar-refractivity contribution in [1.29, 1.82) is 0 Å². The lowest BCUT2D eigenvalue weighted by Gasteiger charge is -2.35. The van der Waals surface area contributed by atoms with E-state index in [4.69, 9.17) is 0 Å². The molecule has 0 saturated carbocycles. The second kappa shape index (κ2) is 7.74. The second-order valence-electron chi connectivity index (χ2n) is 9.68. The van der Waals surface area contributed by atoms with Gasteiger partial charge in [-0.1, -0.05) is 13.8 Å². The number of aromatic nitrogens is 4. The first-order valence-corrected chi connectivity index (χ1v) is 11.2. The summed E-state index contributed by atoms with van der Waals surface area (Å²) in [4.78, 5) is 17.5. The predicted octanol–water partition coefficient (Wildman–Crippen LogP) is 4.06. The van der Waals surface area contributed by atoms with Crippen LogP contribution in [0, 0.1) is 17.5 Å². The van der Waals surface area contributed by atoms with Crippen LogP contribution in [0.4, 0.5) is 13.2 Å². The van der Waals surface area contributed by atoms with E-state index in [1.165, 1.54) is 0 Å². The van der Waals surface area contributed by atoms with Gasteiger partial charge in [-0.05, 0) is 37.8 Å². The summed E-state index contributed by atoms with van der Waals surface area (Å²) in [6, 6.07) is 1.78. The van der Waals surface area contributed by atoms with Crippen LogP contribution in [0.5, 0.6) is 0 Å². The summed E-state index contributed by atoms with van der Waals surface area (Å²) in [5.74, 6) is -3.23. The van der Waals surface area contributed by atoms with E-state index in [0.717, 1.165) is 55.0 Å². The number of nitrogens with one attached hydrogen (secondary N) is 1. The fourth-order valence-electron chi connectivity index (χ4n) is 5.35. The molecule has 1 atom stereocenters. The van der Waals surface area contributed by atoms with Gasteiger partial charge in [0.2, 0.25) is 0 Å². The third kappa shape index (κ3) is 3.63. The molecule has 0 saturated heterocycles. The summed E-state index contributed by atoms with van der Waals surface area (Å²) >= 11 is 0. The van der Waals surface area contributed by atoms with E-state index >= 15 is 0 Å². The minimum atomic E-state index is -1.50. The van der Waals surface area contributed by atoms with Crippen LogP contribution >= 0.6 is 0 Å². The van der Waals surface area contributed by atoms with Gasteiger partial charge in [0.25, 0.3) is 5.91 Å². The number of halogens is 3. The van der Waals surface area contributed by atoms with Crippen molar-refractivity contribution >= 4 is 5.91 Å². The fourth-order valence-corrected chi connectivity index (χ4v) is 5.35. The number of amides is 1. The molecule has 1 aromatic carbocycles. The molecule has 0 bridgehead atoms. The van der Waals surface area contributed by atoms with E-state index in [-0.39, 0.29) is 22.9 Å². The molecule has 1 N–H and O–H groups in total. The van der Waals surface area contributed by atoms with Crippen LogP contribution in [0.15, 0.2) is 18.3 Å². The molecule has 1 unspecified atom stereocenters. The Morgan fingerprint density at radius 2 is 1.91 bits per heavy atom. The number of hydrogen-bond donors (Lipinski definition) is 1. The Bertz CT molecular complexity index is 1240. The van der Waals surface area contributed by atoms with Crippen molar-refractivity contribution in [2.45, 2.75) is 64.0 Å². The highest BCUT2D eigenvalue weighted by Gasteiger charge is 2.39. The minimum absolute atomic E-state index is 0.177. The Kier molecular flexibility index (Phi) is 5.10. The molecule has 0 spiro atoms. The van der Waals surface area contributed by atoms with Crippen LogP contribution in [0.25, 0.3) is 11.3 Å². The molecule has 2 aromatic heterocycles. The van der Waals surface area contributed by atoms with E-state index in [0.29, 0.717) is 24.2 Å². The number of benzene rings is 1. The maximum atomic E-state index is 14.0. The standard InChI is InChI=1S/C24H26F3N5O/c1-24(2)11-14(29-23(33)18-12-28-19-6-4-5-7-32(18)19)10-15-21(31(3)30-22(15)24)13-8-16(25)20(27)17(26)9-13/h8-9,12,14H,4-7,10-11H2,1-3H3,(H,29,33). The molecule has 174 valence electrons. The molecular weight excluding hydrogens is 431 g/mol. The first-order valence-electron chi connectivity index (χ1n) is 11.2. The molecule has 1 aliphatic carbocycles. The zero-order valence-electron chi connectivity index (χ0n) is 18.9. The molecule has 3 heterocycles. The lowest BCUT2D eigenvalue weighted by atomic mass is 9.73. The van der Waals surface area contributed by atoms with Gasteiger partial charge in [-0.3, -0.25) is 9.48 Å². The maximum Gasteiger partial charge on any atom is 0.269 e. The molecule has 1 aliphatic heterocycles. The molecule has 6 nitrogen and oxygen atoms in total. The summed E-state index contributed by atoms with van der Waals surface area (Å²) in [5, 5.41) is 7.78. The summed E-state index contributed by atoms with van der Waals surface area (Å²) in [5.41, 5.74) is 2.54. The number of carbonyl (C=O) groups excluding carboxylic acids is 1. The average molecular weight is 458 g/mol. The average Bonchev–Trinajstić information content (AvgIpc) is 3.32. The molecule has 2 aliphatic rings. The Hall–Kier alpha value is -3.10. The SMILES string of the molecule is Cn1nc2c(c1-c1cc(F)c(F)c(F)c1)CC(NC(=O)c1cnc3n1CCCC3)CC2(C)C. The third-order valence-electron chi connectivity index (χ3n) is 6.79. The van der Waals surface area contributed by atoms with Crippen LogP contribution in [-0.2, 0) is 31.8 Å². The monoisotopic (exact) mass is 457 g/mol. The van der Waals surface area contributed by atoms with Gasteiger partial charge in [0, 0.05) is 42.6 Å². The highest BCUT2D eigenvalue weighted by molar-refractivity contribution is 5.92. The molecule has 33 heavy (non-hydrogen) atoms. The number of fused-ring (bicyclic) bond motifs is 2. The van der Waals surface area contributed by atoms with Crippen LogP contribution < -0.4 is 5.32 Å². The largest absolute Gasteiger partial charge is 0.348 e. The Balaban J connectivity index is 1.48. The van der Waals surface area contributed by atoms with E-state index in [2.05, 4.69) is 15.4 Å². The van der Waals surface area contributed by atoms with E-state index in [1.807, 2.05) is 18.4 Å². The van der Waals surface area contributed by atoms with Crippen LogP contribution in [0.2, 0.25) is 0 Å². The Labute approximate surface area is 189 Å². The lowest BCUT2D eigenvalue weighted by Crippen LogP contribution is -2.44. The maximum absolute atomic E-state index is 14.0. The third-order valence-corrected chi connectivity index (χ3v) is 6.79. The summed E-state index contributed by atoms with van der Waals surface area (Å²) < 4.78 is 45.1. The van der Waals surface area contributed by atoms with Crippen LogP contribution in [0.3, 0.4) is 0 Å². The molecule has 0 fully saturated rings. The van der Waals surface area contributed by atoms with Gasteiger partial charge in [0.1, 0.15) is 11.5 Å². The second-order valence-corrected chi connectivity index (χ2v) is 9.68. The topological polar surface area (TPSA) is 64.7 Å². The summed E-state index contributed by atoms with van der Waals surface area (Å²) in [6.07, 6.45) is 5.72. The van der Waals surface area contributed by atoms with Gasteiger partial charge in [0.05, 0.1) is 17.6 Å². The summed E-state index contributed by atoms with van der Waals surface area (Å²) in [6.45, 7) is 4.85. The first-order chi connectivity index (χ1) is 15.7. The van der Waals surface area contributed by atoms with Crippen molar-refractivity contribution in [3.05, 3.63) is 58.6 Å². The summed E-state index contributed by atoms with van der Waals surface area (Å²) in [7, 11) is 1.70. The lowest BCUT2D eigenvalue weighted by molar-refractivity contribution is 0.0917. The molecule has 9 heteroatoms. The normalized spacial score (nSPS) is 19.2. The van der Waals surface area contributed by atoms with E-state index < -0.39 is 17.5 Å². The van der Waals surface area contributed by atoms with E-state index in [9.17, 15) is 18.0 Å². The zero-order valence-corrected chi connectivity index (χ0v) is 18.9. The van der Waals surface area contributed by atoms with Crippen molar-refractivity contribution in [2.75, 3.05) is 0 Å². The van der Waals surface area contributed by atoms with Crippen molar-refractivity contribution in [2.24, 2.45) is 7.05 Å². The van der Waals surface area contributed by atoms with Crippen LogP contribution in [0.1, 0.15) is 60.7 Å². The molecule has 1 amide bonds. The minimum Gasteiger partial charge on any atom is -0.348 e. The van der Waals surface area contributed by atoms with Crippen molar-refractivity contribution < 1.29 is 18.0 Å². The number of hydrogen-bond acceptors (Lipinski definition) is 3. The highest BCUT2D eigenvalue weighted by Crippen LogP contribution is 2.41. The number of aryl methyl sites for hydroxylation is 2. The molecular formula is C24H26F3N5O. The Morgan fingerprint density at radius 3 is 2.64 bits per heavy atom. The van der Waals surface area contributed by atoms with Crippen LogP contribution in [-0.4, -0.2) is 31.3 Å². The van der Waals surface area contributed by atoms with Gasteiger partial charge in [-0.25, -0.2) is 18.2 Å². The number of nitrogens with zero attached hydrogens (tertiary/aromatic N) is 4. The van der Waals surface area contributed by atoms with Gasteiger partial charge >= 0.3 is 0 Å². The molecule has 3 aromatic rings. The van der Waals surface area contributed by atoms with Gasteiger partial charge < -0.3 is 9.88 Å². The molecule has 5 rings (SSSR count). The number of imidazole rings is 1. The first kappa shape index (κ1) is 21.7. The number of rotatable bonds is 3. The molecule has 0 radical (unpaired) electrons. The van der Waals surface area contributed by atoms with Gasteiger partial charge in [-0.2, -0.15) is 5.10 Å². The van der Waals surface area contributed by atoms with Gasteiger partial charge in [0.15, 0.2) is 17.5 Å². The quantitative estimate of drug-likeness (QED) is 0.604. The zero-order chi connectivity index (χ0) is 23.5. The van der Waals surface area contributed by atoms with Crippen molar-refractivity contribution in [1.82, 2.24) is 24.6 Å². The number of carbonyl (C=O) groups is 1. The fraction of sp³-hybridized carbons (Fsp3) is 0.458. The Morgan fingerprint density at radius 1 is 1.18 bits per heavy atom. The highest BCUT2D eigenvalue weighted by atomic mass is 19.2. The van der Waals surface area contributed by atoms with Gasteiger partial charge in [-0.15, -0.1) is 0 Å². The van der Waals surface area contributed by atoms with Crippen molar-refractivity contribution in [3.8, 4) is 11.3 Å². The smallest absolute Gasteiger partial charge is 0.269 e. The predicted molar refractivity (Wildman–Crippen MR) is 116 cm³/mol.